The predicted molar refractivity (Wildman–Crippen MR) is 125 cm³/mol. The van der Waals surface area contributed by atoms with Gasteiger partial charge in [-0.15, -0.1) is 0 Å². The fourth-order valence-corrected chi connectivity index (χ4v) is 4.41. The van der Waals surface area contributed by atoms with Crippen LogP contribution in [0.4, 0.5) is 5.82 Å². The van der Waals surface area contributed by atoms with Crippen LogP contribution in [0.3, 0.4) is 0 Å². The van der Waals surface area contributed by atoms with Crippen molar-refractivity contribution < 1.29 is 14.6 Å². The van der Waals surface area contributed by atoms with Crippen molar-refractivity contribution in [3.8, 4) is 11.3 Å². The summed E-state index contributed by atoms with van der Waals surface area (Å²) in [6.45, 7) is 3.72. The van der Waals surface area contributed by atoms with Crippen molar-refractivity contribution >= 4 is 11.6 Å². The maximum absolute atomic E-state index is 13.2. The molecule has 0 bridgehead atoms. The SMILES string of the molecule is CC[C@]1(O)[C@H](C)O[C@H](c2ccncc2CC(=O)c2nc(-c3ccccc3)cnc2N)C[C@@H]1N. The van der Waals surface area contributed by atoms with Gasteiger partial charge in [-0.3, -0.25) is 9.78 Å². The van der Waals surface area contributed by atoms with Crippen LogP contribution in [-0.4, -0.2) is 43.6 Å². The number of carbonyl (C=O) groups is 1. The summed E-state index contributed by atoms with van der Waals surface area (Å²) in [5.41, 5.74) is 14.3. The molecule has 4 rings (SSSR count). The van der Waals surface area contributed by atoms with E-state index in [1.165, 1.54) is 0 Å². The summed E-state index contributed by atoms with van der Waals surface area (Å²) in [5, 5.41) is 10.9. The van der Waals surface area contributed by atoms with Crippen molar-refractivity contribution in [1.82, 2.24) is 15.0 Å². The van der Waals surface area contributed by atoms with Crippen LogP contribution >= 0.6 is 0 Å². The van der Waals surface area contributed by atoms with Crippen LogP contribution in [0.15, 0.2) is 55.0 Å². The van der Waals surface area contributed by atoms with Gasteiger partial charge in [-0.2, -0.15) is 0 Å². The number of anilines is 1. The number of nitrogens with two attached hydrogens (primary N) is 2. The number of aromatic nitrogens is 3. The highest BCUT2D eigenvalue weighted by molar-refractivity contribution is 5.99. The molecule has 2 aromatic heterocycles. The number of rotatable bonds is 6. The lowest BCUT2D eigenvalue weighted by Crippen LogP contribution is -2.59. The number of benzene rings is 1. The molecule has 33 heavy (non-hydrogen) atoms. The number of nitrogens with zero attached hydrogens (tertiary/aromatic N) is 3. The Balaban J connectivity index is 1.60. The minimum atomic E-state index is -1.08. The fourth-order valence-electron chi connectivity index (χ4n) is 4.41. The first-order chi connectivity index (χ1) is 15.8. The number of ether oxygens (including phenoxy) is 1. The standard InChI is InChI=1S/C25H29N5O3/c1-3-25(32)15(2)33-21(12-22(25)26)18-9-10-28-13-17(18)11-20(31)23-24(27)29-14-19(30-23)16-7-5-4-6-8-16/h4-10,13-15,21-22,32H,3,11-12,26H2,1-2H3,(H2,27,29)/t15-,21-,22-,25-/m0/s1. The minimum absolute atomic E-state index is 0.0435. The van der Waals surface area contributed by atoms with Crippen molar-refractivity contribution in [2.75, 3.05) is 5.73 Å². The van der Waals surface area contributed by atoms with Crippen LogP contribution in [0.2, 0.25) is 0 Å². The van der Waals surface area contributed by atoms with Crippen molar-refractivity contribution in [1.29, 1.82) is 0 Å². The van der Waals surface area contributed by atoms with Gasteiger partial charge in [-0.25, -0.2) is 9.97 Å². The summed E-state index contributed by atoms with van der Waals surface area (Å²) in [4.78, 5) is 26.1. The Bertz CT molecular complexity index is 1130. The highest BCUT2D eigenvalue weighted by atomic mass is 16.5. The highest BCUT2D eigenvalue weighted by Crippen LogP contribution is 2.39. The average Bonchev–Trinajstić information content (AvgIpc) is 2.83. The molecule has 5 N–H and O–H groups in total. The Labute approximate surface area is 193 Å². The zero-order valence-electron chi connectivity index (χ0n) is 18.8. The molecule has 4 atom stereocenters. The van der Waals surface area contributed by atoms with E-state index < -0.39 is 17.7 Å². The van der Waals surface area contributed by atoms with Crippen LogP contribution in [0.1, 0.15) is 54.4 Å². The second kappa shape index (κ2) is 9.35. The monoisotopic (exact) mass is 447 g/mol. The van der Waals surface area contributed by atoms with Gasteiger partial charge in [0.2, 0.25) is 0 Å². The summed E-state index contributed by atoms with van der Waals surface area (Å²) in [7, 11) is 0. The molecule has 0 radical (unpaired) electrons. The summed E-state index contributed by atoms with van der Waals surface area (Å²) in [6, 6.07) is 10.9. The zero-order valence-corrected chi connectivity index (χ0v) is 18.8. The van der Waals surface area contributed by atoms with E-state index in [-0.39, 0.29) is 29.8 Å². The Morgan fingerprint density at radius 3 is 2.70 bits per heavy atom. The van der Waals surface area contributed by atoms with Crippen molar-refractivity contribution in [3.63, 3.8) is 0 Å². The predicted octanol–water partition coefficient (Wildman–Crippen LogP) is 2.86. The van der Waals surface area contributed by atoms with E-state index in [1.54, 1.807) is 18.6 Å². The third-order valence-electron chi connectivity index (χ3n) is 6.52. The van der Waals surface area contributed by atoms with Gasteiger partial charge < -0.3 is 21.3 Å². The molecule has 1 saturated heterocycles. The van der Waals surface area contributed by atoms with Crippen molar-refractivity contribution in [2.24, 2.45) is 5.73 Å². The lowest BCUT2D eigenvalue weighted by molar-refractivity contribution is -0.181. The number of aliphatic hydroxyl groups is 1. The van der Waals surface area contributed by atoms with E-state index in [0.29, 0.717) is 24.1 Å². The number of pyridine rings is 1. The topological polar surface area (TPSA) is 137 Å². The van der Waals surface area contributed by atoms with E-state index in [4.69, 9.17) is 16.2 Å². The molecule has 0 aliphatic carbocycles. The molecular weight excluding hydrogens is 418 g/mol. The Kier molecular flexibility index (Phi) is 6.51. The molecule has 1 aliphatic rings. The smallest absolute Gasteiger partial charge is 0.189 e. The number of carbonyl (C=O) groups excluding carboxylic acids is 1. The quantitative estimate of drug-likeness (QED) is 0.491. The van der Waals surface area contributed by atoms with Gasteiger partial charge in [-0.1, -0.05) is 37.3 Å². The Morgan fingerprint density at radius 1 is 1.24 bits per heavy atom. The van der Waals surface area contributed by atoms with E-state index in [9.17, 15) is 9.90 Å². The van der Waals surface area contributed by atoms with Gasteiger partial charge in [0.05, 0.1) is 24.1 Å². The van der Waals surface area contributed by atoms with Gasteiger partial charge in [0.15, 0.2) is 11.6 Å². The van der Waals surface area contributed by atoms with Crippen molar-refractivity contribution in [3.05, 3.63) is 71.8 Å². The van der Waals surface area contributed by atoms with E-state index in [0.717, 1.165) is 11.1 Å². The maximum atomic E-state index is 13.2. The van der Waals surface area contributed by atoms with Gasteiger partial charge in [-0.05, 0) is 37.0 Å². The first-order valence-electron chi connectivity index (χ1n) is 11.1. The number of hydrogen-bond acceptors (Lipinski definition) is 8. The summed E-state index contributed by atoms with van der Waals surface area (Å²) in [5.74, 6) is -0.173. The molecule has 1 aromatic carbocycles. The fraction of sp³-hybridized carbons (Fsp3) is 0.360. The van der Waals surface area contributed by atoms with E-state index in [2.05, 4.69) is 15.0 Å². The number of hydrogen-bond donors (Lipinski definition) is 3. The molecule has 1 aliphatic heterocycles. The summed E-state index contributed by atoms with van der Waals surface area (Å²) >= 11 is 0. The first-order valence-corrected chi connectivity index (χ1v) is 11.1. The molecule has 0 saturated carbocycles. The lowest BCUT2D eigenvalue weighted by atomic mass is 9.79. The largest absolute Gasteiger partial charge is 0.386 e. The second-order valence-corrected chi connectivity index (χ2v) is 8.48. The van der Waals surface area contributed by atoms with Crippen molar-refractivity contribution in [2.45, 2.75) is 57.0 Å². The zero-order chi connectivity index (χ0) is 23.6. The molecule has 8 nitrogen and oxygen atoms in total. The third-order valence-corrected chi connectivity index (χ3v) is 6.52. The average molecular weight is 448 g/mol. The molecule has 3 heterocycles. The first kappa shape index (κ1) is 23.0. The molecule has 3 aromatic rings. The second-order valence-electron chi connectivity index (χ2n) is 8.48. The molecule has 8 heteroatoms. The minimum Gasteiger partial charge on any atom is -0.386 e. The van der Waals surface area contributed by atoms with Crippen LogP contribution < -0.4 is 11.5 Å². The number of ketones is 1. The Morgan fingerprint density at radius 2 is 2.00 bits per heavy atom. The van der Waals surface area contributed by atoms with Crippen LogP contribution in [0.25, 0.3) is 11.3 Å². The third kappa shape index (κ3) is 4.50. The van der Waals surface area contributed by atoms with Gasteiger partial charge in [0, 0.05) is 30.4 Å². The van der Waals surface area contributed by atoms with Gasteiger partial charge in [0.25, 0.3) is 0 Å². The number of nitrogen functional groups attached to an aromatic ring is 1. The van der Waals surface area contributed by atoms with E-state index >= 15 is 0 Å². The van der Waals surface area contributed by atoms with Crippen LogP contribution in [0, 0.1) is 0 Å². The molecule has 0 spiro atoms. The molecule has 0 unspecified atom stereocenters. The van der Waals surface area contributed by atoms with Gasteiger partial charge in [0.1, 0.15) is 11.3 Å². The highest BCUT2D eigenvalue weighted by Gasteiger charge is 2.45. The molecule has 172 valence electrons. The number of Topliss-reactive ketones (excluding diaryl/α,β-unsaturated/α-hetero) is 1. The maximum Gasteiger partial charge on any atom is 0.189 e. The molecular formula is C25H29N5O3. The molecule has 0 amide bonds. The lowest BCUT2D eigenvalue weighted by Gasteiger charge is -2.45. The normalized spacial score (nSPS) is 25.0. The Hall–Kier alpha value is -3.20. The molecule has 1 fully saturated rings. The summed E-state index contributed by atoms with van der Waals surface area (Å²) < 4.78 is 6.16. The van der Waals surface area contributed by atoms with E-state index in [1.807, 2.05) is 50.2 Å². The van der Waals surface area contributed by atoms with Crippen LogP contribution in [0.5, 0.6) is 0 Å². The van der Waals surface area contributed by atoms with Gasteiger partial charge >= 0.3 is 0 Å². The van der Waals surface area contributed by atoms with Crippen LogP contribution in [-0.2, 0) is 11.2 Å². The summed E-state index contributed by atoms with van der Waals surface area (Å²) in [6.07, 6.45) is 5.05.